The van der Waals surface area contributed by atoms with Crippen LogP contribution < -0.4 is 31.3 Å². The maximum absolute atomic E-state index is 17.3. The number of hydrogen-bond acceptors (Lipinski definition) is 14. The molecule has 7 atom stereocenters. The number of fused-ring (bicyclic) bond motifs is 4. The largest absolute Gasteiger partial charge is 0.462 e. The van der Waals surface area contributed by atoms with E-state index >= 15 is 8.78 Å². The summed E-state index contributed by atoms with van der Waals surface area (Å²) >= 11 is 14.3. The van der Waals surface area contributed by atoms with Crippen molar-refractivity contribution in [2.75, 3.05) is 63.2 Å². The van der Waals surface area contributed by atoms with E-state index in [1.807, 2.05) is 76.2 Å². The van der Waals surface area contributed by atoms with Gasteiger partial charge in [0.15, 0.2) is 5.82 Å². The zero-order chi connectivity index (χ0) is 56.6. The molecule has 422 valence electrons. The fourth-order valence-corrected chi connectivity index (χ4v) is 13.3. The van der Waals surface area contributed by atoms with Crippen molar-refractivity contribution >= 4 is 84.1 Å². The summed E-state index contributed by atoms with van der Waals surface area (Å²) in [6, 6.07) is 19.8. The summed E-state index contributed by atoms with van der Waals surface area (Å²) in [5, 5.41) is 31.7. The molecule has 0 aliphatic carbocycles. The molecule has 3 amide bonds. The van der Waals surface area contributed by atoms with E-state index in [1.54, 1.807) is 6.07 Å². The Kier molecular flexibility index (Phi) is 17.2. The number of rotatable bonds is 18. The summed E-state index contributed by atoms with van der Waals surface area (Å²) in [6.45, 7) is 10.9. The molecule has 0 saturated carbocycles. The Morgan fingerprint density at radius 2 is 1.73 bits per heavy atom. The van der Waals surface area contributed by atoms with Crippen molar-refractivity contribution in [3.05, 3.63) is 99.5 Å². The third kappa shape index (κ3) is 12.0. The third-order valence-electron chi connectivity index (χ3n) is 15.9. The van der Waals surface area contributed by atoms with Crippen molar-refractivity contribution in [2.45, 2.75) is 115 Å². The van der Waals surface area contributed by atoms with E-state index in [4.69, 9.17) is 43.4 Å². The van der Waals surface area contributed by atoms with Crippen molar-refractivity contribution in [3.8, 4) is 34.3 Å². The van der Waals surface area contributed by atoms with Crippen LogP contribution in [0.4, 0.5) is 19.6 Å². The van der Waals surface area contributed by atoms with Gasteiger partial charge in [0.2, 0.25) is 17.7 Å². The lowest BCUT2D eigenvalue weighted by Gasteiger charge is -2.35. The lowest BCUT2D eigenvalue weighted by molar-refractivity contribution is -0.144. The molecular weight excluding hydrogens is 1090 g/mol. The minimum absolute atomic E-state index is 0.00834. The first-order valence-electron chi connectivity index (χ1n) is 27.4. The molecule has 0 radical (unpaired) electrons. The number of amides is 3. The third-order valence-corrected chi connectivity index (χ3v) is 17.6. The number of nitrogen functional groups attached to an aromatic ring is 1. The van der Waals surface area contributed by atoms with E-state index < -0.39 is 53.1 Å². The van der Waals surface area contributed by atoms with E-state index in [0.717, 1.165) is 60.3 Å². The number of aliphatic hydroxyl groups is 1. The highest BCUT2D eigenvalue weighted by Gasteiger charge is 2.45. The van der Waals surface area contributed by atoms with Gasteiger partial charge in [-0.3, -0.25) is 19.3 Å². The molecule has 4 saturated heterocycles. The number of hydrogen-bond donors (Lipinski definition) is 5. The predicted molar refractivity (Wildman–Crippen MR) is 308 cm³/mol. The highest BCUT2D eigenvalue weighted by molar-refractivity contribution is 7.23. The lowest BCUT2D eigenvalue weighted by Crippen LogP contribution is -2.58. The number of nitrogens with two attached hydrogens (primary N) is 1. The Morgan fingerprint density at radius 3 is 2.45 bits per heavy atom. The van der Waals surface area contributed by atoms with Gasteiger partial charge in [-0.25, -0.2) is 8.78 Å². The number of nitrogens with one attached hydrogen (secondary N) is 3. The smallest absolute Gasteiger partial charge is 0.319 e. The zero-order valence-electron chi connectivity index (χ0n) is 45.2. The van der Waals surface area contributed by atoms with Crippen LogP contribution in [0.15, 0.2) is 66.7 Å². The first-order valence-corrected chi connectivity index (χ1v) is 28.9. The van der Waals surface area contributed by atoms with Gasteiger partial charge in [-0.05, 0) is 85.9 Å². The Bertz CT molecular complexity index is 3350. The van der Waals surface area contributed by atoms with Gasteiger partial charge in [-0.15, -0.1) is 11.3 Å². The van der Waals surface area contributed by atoms with Crippen molar-refractivity contribution in [1.82, 2.24) is 35.7 Å². The molecule has 2 bridgehead atoms. The molecule has 16 nitrogen and oxygen atoms in total. The Labute approximate surface area is 477 Å². The van der Waals surface area contributed by atoms with Gasteiger partial charge in [0.25, 0.3) is 0 Å². The summed E-state index contributed by atoms with van der Waals surface area (Å²) < 4.78 is 44.8. The molecule has 21 heteroatoms. The van der Waals surface area contributed by atoms with E-state index in [1.165, 1.54) is 17.0 Å². The van der Waals surface area contributed by atoms with E-state index in [2.05, 4.69) is 36.8 Å². The van der Waals surface area contributed by atoms with Crippen LogP contribution in [0, 0.1) is 28.4 Å². The fraction of sp³-hybridized carbons (Fsp3) is 0.458. The van der Waals surface area contributed by atoms with Crippen molar-refractivity contribution in [3.63, 3.8) is 0 Å². The summed E-state index contributed by atoms with van der Waals surface area (Å²) in [5.41, 5.74) is 8.35. The van der Waals surface area contributed by atoms with Gasteiger partial charge in [-0.2, -0.15) is 15.2 Å². The molecule has 4 aliphatic rings. The standard InChI is InChI=1S/C59H66Cl2F2N10O6S/c1-32(33-12-14-34(15-13-33)39-10-5-6-11-43(39)60)66-56(76)46-25-38(74)30-73(46)57(77)53(59(2,3)4)68-47(75)20-24-78-23-8-22-71-21-7-9-37(71)31-79-58-69-51-41(55(70-58)72-28-35-16-17-36(29-72)67-35)26-44(61)49(50(51)63)40-18-19-45(62)52-48(40)42(27-64)54(65)80-52/h5-6,10-15,18-19,26,32,35-38,46,53,67,74H,7-9,16-17,20-25,28-31,65H2,1-4H3,(H,66,76)(H,68,75)/t32-,35?,36?,37?,38+,46-,53+/m0/s1. The number of β-amino-alcohol motifs (C(OH)–C–C–N with tert-alkyl or cyclic N) is 1. The number of carbonyl (C=O) groups excluding carboxylic acids is 3. The number of nitriles is 1. The molecule has 2 aromatic heterocycles. The maximum Gasteiger partial charge on any atom is 0.319 e. The molecule has 0 spiro atoms. The number of nitrogens with zero attached hydrogens (tertiary/aromatic N) is 6. The number of benzene rings is 4. The van der Waals surface area contributed by atoms with Crippen LogP contribution in [-0.2, 0) is 19.1 Å². The molecule has 6 N–H and O–H groups in total. The maximum atomic E-state index is 17.3. The highest BCUT2D eigenvalue weighted by Crippen LogP contribution is 2.46. The summed E-state index contributed by atoms with van der Waals surface area (Å²) in [6.07, 6.45) is 3.67. The van der Waals surface area contributed by atoms with Crippen LogP contribution in [0.1, 0.15) is 89.8 Å². The van der Waals surface area contributed by atoms with Crippen LogP contribution in [0.25, 0.3) is 43.2 Å². The van der Waals surface area contributed by atoms with Crippen LogP contribution >= 0.6 is 34.5 Å². The van der Waals surface area contributed by atoms with Crippen LogP contribution in [-0.4, -0.2) is 131 Å². The average Bonchev–Trinajstić information content (AvgIpc) is 4.26. The Hall–Kier alpha value is -6.24. The fourth-order valence-electron chi connectivity index (χ4n) is 11.8. The number of piperazine rings is 1. The summed E-state index contributed by atoms with van der Waals surface area (Å²) in [4.78, 5) is 56.9. The van der Waals surface area contributed by atoms with Crippen LogP contribution in [0.2, 0.25) is 10.0 Å². The topological polar surface area (TPSA) is 211 Å². The molecule has 6 heterocycles. The number of anilines is 2. The first-order chi connectivity index (χ1) is 38.4. The average molecular weight is 1150 g/mol. The molecular formula is C59H66Cl2F2N10O6S. The van der Waals surface area contributed by atoms with Gasteiger partial charge in [0.1, 0.15) is 46.9 Å². The summed E-state index contributed by atoms with van der Waals surface area (Å²) in [7, 11) is 0. The molecule has 4 fully saturated rings. The molecule has 10 rings (SSSR count). The number of halogens is 4. The number of likely N-dealkylation sites (tertiary alicyclic amines) is 2. The minimum Gasteiger partial charge on any atom is -0.462 e. The highest BCUT2D eigenvalue weighted by atomic mass is 35.5. The van der Waals surface area contributed by atoms with Crippen molar-refractivity contribution in [2.24, 2.45) is 5.41 Å². The first kappa shape index (κ1) is 57.0. The van der Waals surface area contributed by atoms with Crippen LogP contribution in [0.5, 0.6) is 6.01 Å². The van der Waals surface area contributed by atoms with Crippen LogP contribution in [0.3, 0.4) is 0 Å². The van der Waals surface area contributed by atoms with Crippen molar-refractivity contribution < 1.29 is 37.7 Å². The van der Waals surface area contributed by atoms with Gasteiger partial charge >= 0.3 is 6.01 Å². The van der Waals surface area contributed by atoms with E-state index in [0.29, 0.717) is 48.9 Å². The quantitative estimate of drug-likeness (QED) is 0.0509. The molecule has 4 aromatic carbocycles. The second kappa shape index (κ2) is 24.1. The number of carbonyl (C=O) groups is 3. The van der Waals surface area contributed by atoms with Gasteiger partial charge in [0.05, 0.1) is 34.0 Å². The van der Waals surface area contributed by atoms with E-state index in [9.17, 15) is 24.8 Å². The molecule has 80 heavy (non-hydrogen) atoms. The van der Waals surface area contributed by atoms with Gasteiger partial charge in [0, 0.05) is 90.7 Å². The number of ether oxygens (including phenoxy) is 2. The molecule has 6 aromatic rings. The minimum atomic E-state index is -0.976. The number of aromatic nitrogens is 2. The lowest BCUT2D eigenvalue weighted by atomic mass is 9.85. The summed E-state index contributed by atoms with van der Waals surface area (Å²) in [5.74, 6) is -2.04. The van der Waals surface area contributed by atoms with E-state index in [-0.39, 0.29) is 105 Å². The van der Waals surface area contributed by atoms with Gasteiger partial charge < -0.3 is 46.1 Å². The molecule has 3 unspecified atom stereocenters. The number of aliphatic hydroxyl groups excluding tert-OH is 1. The normalized spacial score (nSPS) is 21.0. The second-order valence-corrected chi connectivity index (χ2v) is 24.4. The number of thiophene rings is 1. The monoisotopic (exact) mass is 1150 g/mol. The van der Waals surface area contributed by atoms with Gasteiger partial charge in [-0.1, -0.05) is 92.5 Å². The Balaban J connectivity index is 0.735. The zero-order valence-corrected chi connectivity index (χ0v) is 47.5. The predicted octanol–water partition coefficient (Wildman–Crippen LogP) is 9.17. The second-order valence-electron chi connectivity index (χ2n) is 22.5. The Morgan fingerprint density at radius 1 is 0.975 bits per heavy atom. The SMILES string of the molecule is C[C@H](NC(=O)[C@@H]1C[C@@H](O)CN1C(=O)[C@@H](NC(=O)CCOCCCN1CCCC1COc1nc(N2CC3CCC(C2)N3)c2cc(Cl)c(-c3ccc(F)c4sc(N)c(C#N)c34)c(F)c2n1)C(C)(C)C)c1ccc(-c2ccccc2Cl)cc1. The van der Waals surface area contributed by atoms with Crippen molar-refractivity contribution in [1.29, 1.82) is 5.26 Å². The molecule has 4 aliphatic heterocycles.